The van der Waals surface area contributed by atoms with Crippen molar-refractivity contribution < 1.29 is 18.0 Å². The highest BCUT2D eigenvalue weighted by atomic mass is 19.4. The zero-order chi connectivity index (χ0) is 16.0. The fourth-order valence-electron chi connectivity index (χ4n) is 1.34. The lowest BCUT2D eigenvalue weighted by Crippen LogP contribution is -2.27. The van der Waals surface area contributed by atoms with Crippen molar-refractivity contribution in [1.29, 1.82) is 0 Å². The number of alkyl halides is 3. The minimum absolute atomic E-state index is 0.247. The van der Waals surface area contributed by atoms with Crippen LogP contribution in [0.15, 0.2) is 60.8 Å². The van der Waals surface area contributed by atoms with Crippen LogP contribution in [-0.2, 0) is 6.18 Å². The molecule has 0 bridgehead atoms. The van der Waals surface area contributed by atoms with Crippen molar-refractivity contribution in [3.05, 3.63) is 66.4 Å². The van der Waals surface area contributed by atoms with Gasteiger partial charge in [0.2, 0.25) is 0 Å². The third-order valence-electron chi connectivity index (χ3n) is 2.31. The highest BCUT2D eigenvalue weighted by Crippen LogP contribution is 2.29. The molecule has 0 heterocycles. The normalized spacial score (nSPS) is 11.2. The van der Waals surface area contributed by atoms with Gasteiger partial charge in [0.1, 0.15) is 0 Å². The summed E-state index contributed by atoms with van der Waals surface area (Å²) in [4.78, 5) is 11.6. The molecule has 2 N–H and O–H groups in total. The molecular formula is C15H15F3N2O. The number of anilines is 1. The van der Waals surface area contributed by atoms with E-state index in [1.54, 1.807) is 19.1 Å². The third-order valence-corrected chi connectivity index (χ3v) is 2.31. The molecule has 112 valence electrons. The molecule has 21 heavy (non-hydrogen) atoms. The number of carbonyl (C=O) groups excluding carboxylic acids is 1. The first-order valence-corrected chi connectivity index (χ1v) is 5.96. The van der Waals surface area contributed by atoms with Crippen LogP contribution < -0.4 is 10.6 Å². The largest absolute Gasteiger partial charge is 0.416 e. The lowest BCUT2D eigenvalue weighted by atomic mass is 10.2. The topological polar surface area (TPSA) is 41.1 Å². The Morgan fingerprint density at radius 3 is 2.19 bits per heavy atom. The maximum Gasteiger partial charge on any atom is 0.416 e. The number of nitrogens with one attached hydrogen (secondary N) is 2. The summed E-state index contributed by atoms with van der Waals surface area (Å²) in [7, 11) is 0. The molecule has 6 heteroatoms. The average molecular weight is 296 g/mol. The Morgan fingerprint density at radius 2 is 1.71 bits per heavy atom. The van der Waals surface area contributed by atoms with Crippen LogP contribution in [0.25, 0.3) is 0 Å². The molecule has 0 aliphatic heterocycles. The second kappa shape index (κ2) is 6.78. The van der Waals surface area contributed by atoms with Gasteiger partial charge in [-0.25, -0.2) is 4.79 Å². The zero-order valence-corrected chi connectivity index (χ0v) is 11.4. The Labute approximate surface area is 120 Å². The van der Waals surface area contributed by atoms with Crippen LogP contribution in [-0.4, -0.2) is 6.03 Å². The lowest BCUT2D eigenvalue weighted by molar-refractivity contribution is -0.137. The number of carbonyl (C=O) groups is 1. The Balaban J connectivity index is 2.59. The molecule has 0 unspecified atom stereocenters. The number of amides is 2. The number of benzene rings is 1. The monoisotopic (exact) mass is 296 g/mol. The minimum Gasteiger partial charge on any atom is -0.308 e. The van der Waals surface area contributed by atoms with Crippen LogP contribution in [0.5, 0.6) is 0 Å². The molecule has 0 aliphatic rings. The van der Waals surface area contributed by atoms with Crippen LogP contribution in [0.4, 0.5) is 23.7 Å². The summed E-state index contributed by atoms with van der Waals surface area (Å²) in [5, 5.41) is 4.84. The predicted octanol–water partition coefficient (Wildman–Crippen LogP) is 4.47. The summed E-state index contributed by atoms with van der Waals surface area (Å²) >= 11 is 0. The van der Waals surface area contributed by atoms with Crippen molar-refractivity contribution in [2.75, 3.05) is 5.32 Å². The van der Waals surface area contributed by atoms with Gasteiger partial charge in [0.15, 0.2) is 0 Å². The predicted molar refractivity (Wildman–Crippen MR) is 76.7 cm³/mol. The fraction of sp³-hybridized carbons (Fsp3) is 0.133. The Morgan fingerprint density at radius 1 is 1.14 bits per heavy atom. The van der Waals surface area contributed by atoms with Crippen molar-refractivity contribution in [3.8, 4) is 0 Å². The van der Waals surface area contributed by atoms with Crippen LogP contribution in [0.3, 0.4) is 0 Å². The number of hydrogen-bond acceptors (Lipinski definition) is 1. The summed E-state index contributed by atoms with van der Waals surface area (Å²) < 4.78 is 37.1. The summed E-state index contributed by atoms with van der Waals surface area (Å²) in [5.41, 5.74) is 0.600. The molecule has 0 saturated heterocycles. The molecule has 2 amide bonds. The van der Waals surface area contributed by atoms with E-state index in [-0.39, 0.29) is 5.69 Å². The summed E-state index contributed by atoms with van der Waals surface area (Å²) in [6, 6.07) is 3.55. The number of halogens is 3. The molecule has 0 saturated carbocycles. The second-order valence-corrected chi connectivity index (χ2v) is 4.36. The van der Waals surface area contributed by atoms with Crippen molar-refractivity contribution in [2.45, 2.75) is 13.1 Å². The van der Waals surface area contributed by atoms with Gasteiger partial charge < -0.3 is 10.6 Å². The molecule has 0 radical (unpaired) electrons. The smallest absolute Gasteiger partial charge is 0.308 e. The maximum absolute atomic E-state index is 12.4. The van der Waals surface area contributed by atoms with E-state index in [0.29, 0.717) is 5.70 Å². The van der Waals surface area contributed by atoms with E-state index in [9.17, 15) is 18.0 Å². The second-order valence-electron chi connectivity index (χ2n) is 4.36. The first kappa shape index (κ1) is 16.6. The molecule has 0 fully saturated rings. The van der Waals surface area contributed by atoms with Gasteiger partial charge in [-0.1, -0.05) is 24.8 Å². The first-order chi connectivity index (χ1) is 9.68. The van der Waals surface area contributed by atoms with E-state index in [1.807, 2.05) is 0 Å². The van der Waals surface area contributed by atoms with Crippen molar-refractivity contribution in [3.63, 3.8) is 0 Å². The average Bonchev–Trinajstić information content (AvgIpc) is 2.35. The molecule has 1 aromatic rings. The molecule has 1 aromatic carbocycles. The van der Waals surface area contributed by atoms with E-state index < -0.39 is 17.8 Å². The Bertz CT molecular complexity index is 572. The van der Waals surface area contributed by atoms with Gasteiger partial charge in [-0.3, -0.25) is 0 Å². The summed E-state index contributed by atoms with van der Waals surface area (Å²) in [5.74, 6) is 0. The Hall–Kier alpha value is -2.50. The van der Waals surface area contributed by atoms with Gasteiger partial charge in [-0.05, 0) is 37.3 Å². The highest BCUT2D eigenvalue weighted by Gasteiger charge is 2.29. The van der Waals surface area contributed by atoms with E-state index in [2.05, 4.69) is 23.8 Å². The highest BCUT2D eigenvalue weighted by molar-refractivity contribution is 5.90. The van der Waals surface area contributed by atoms with Crippen molar-refractivity contribution >= 4 is 11.7 Å². The molecule has 0 aliphatic carbocycles. The fourth-order valence-corrected chi connectivity index (χ4v) is 1.34. The summed E-state index contributed by atoms with van der Waals surface area (Å²) in [6.07, 6.45) is -1.17. The van der Waals surface area contributed by atoms with E-state index in [4.69, 9.17) is 0 Å². The van der Waals surface area contributed by atoms with Gasteiger partial charge in [0.05, 0.1) is 5.56 Å². The number of rotatable bonds is 4. The SMILES string of the molecule is C=C(C)/C=C\C(=C)NC(=O)Nc1ccc(C(F)(F)F)cc1. The molecule has 3 nitrogen and oxygen atoms in total. The van der Waals surface area contributed by atoms with Crippen LogP contribution >= 0.6 is 0 Å². The van der Waals surface area contributed by atoms with Crippen LogP contribution in [0.1, 0.15) is 12.5 Å². The Kier molecular flexibility index (Phi) is 5.35. The molecule has 0 spiro atoms. The molecular weight excluding hydrogens is 281 g/mol. The quantitative estimate of drug-likeness (QED) is 0.791. The first-order valence-electron chi connectivity index (χ1n) is 5.96. The van der Waals surface area contributed by atoms with Gasteiger partial charge in [-0.15, -0.1) is 0 Å². The van der Waals surface area contributed by atoms with E-state index in [0.717, 1.165) is 17.7 Å². The van der Waals surface area contributed by atoms with Crippen molar-refractivity contribution in [2.24, 2.45) is 0 Å². The molecule has 1 rings (SSSR count). The van der Waals surface area contributed by atoms with Crippen LogP contribution in [0, 0.1) is 0 Å². The number of hydrogen-bond donors (Lipinski definition) is 2. The molecule has 0 atom stereocenters. The zero-order valence-electron chi connectivity index (χ0n) is 11.4. The third kappa shape index (κ3) is 5.99. The van der Waals surface area contributed by atoms with Crippen molar-refractivity contribution in [1.82, 2.24) is 5.32 Å². The lowest BCUT2D eigenvalue weighted by Gasteiger charge is -2.09. The van der Waals surface area contributed by atoms with Crippen LogP contribution in [0.2, 0.25) is 0 Å². The van der Waals surface area contributed by atoms with E-state index >= 15 is 0 Å². The minimum atomic E-state index is -4.40. The standard InChI is InChI=1S/C15H15F3N2O/c1-10(2)4-5-11(3)19-14(21)20-13-8-6-12(7-9-13)15(16,17)18/h4-9H,1,3H2,2H3,(H2,19,20,21)/b5-4-. The number of allylic oxidation sites excluding steroid dienone is 3. The van der Waals surface area contributed by atoms with Gasteiger partial charge in [-0.2, -0.15) is 13.2 Å². The van der Waals surface area contributed by atoms with Gasteiger partial charge >= 0.3 is 12.2 Å². The van der Waals surface area contributed by atoms with Gasteiger partial charge in [0, 0.05) is 11.4 Å². The summed E-state index contributed by atoms with van der Waals surface area (Å²) in [6.45, 7) is 9.04. The molecule has 0 aromatic heterocycles. The van der Waals surface area contributed by atoms with E-state index in [1.165, 1.54) is 12.1 Å². The maximum atomic E-state index is 12.4. The van der Waals surface area contributed by atoms with Gasteiger partial charge in [0.25, 0.3) is 0 Å². The number of urea groups is 1.